The summed E-state index contributed by atoms with van der Waals surface area (Å²) in [6.07, 6.45) is 0.634. The Hall–Kier alpha value is -2.94. The second-order valence-corrected chi connectivity index (χ2v) is 6.77. The molecule has 2 aromatic carbocycles. The maximum Gasteiger partial charge on any atom is 0.387 e. The monoisotopic (exact) mass is 404 g/mol. The summed E-state index contributed by atoms with van der Waals surface area (Å²) >= 11 is 1.21. The van der Waals surface area contributed by atoms with Crippen LogP contribution in [0.15, 0.2) is 59.8 Å². The van der Waals surface area contributed by atoms with Gasteiger partial charge < -0.3 is 14.6 Å². The number of carbonyl (C=O) groups excluding carboxylic acids is 1. The minimum absolute atomic E-state index is 0.0559. The number of aromatic nitrogens is 3. The average Bonchev–Trinajstić information content (AvgIpc) is 3.02. The van der Waals surface area contributed by atoms with E-state index in [9.17, 15) is 13.6 Å². The van der Waals surface area contributed by atoms with Gasteiger partial charge in [-0.3, -0.25) is 4.79 Å². The number of thioether (sulfide) groups is 1. The van der Waals surface area contributed by atoms with E-state index in [0.29, 0.717) is 11.6 Å². The minimum atomic E-state index is -2.96. The van der Waals surface area contributed by atoms with Crippen molar-refractivity contribution in [3.05, 3.63) is 66.0 Å². The summed E-state index contributed by atoms with van der Waals surface area (Å²) in [5.41, 5.74) is 1.30. The molecule has 0 aliphatic heterocycles. The van der Waals surface area contributed by atoms with Gasteiger partial charge in [0.05, 0.1) is 11.4 Å². The Bertz CT molecular complexity index is 935. The predicted molar refractivity (Wildman–Crippen MR) is 103 cm³/mol. The van der Waals surface area contributed by atoms with E-state index in [1.165, 1.54) is 23.9 Å². The second-order valence-electron chi connectivity index (χ2n) is 5.83. The largest absolute Gasteiger partial charge is 0.433 e. The SMILES string of the molecule is Cn1c(Cc2ccccc2)nnc1SCC(=O)Nc1ccccc1OC(F)F. The van der Waals surface area contributed by atoms with Crippen LogP contribution in [0.2, 0.25) is 0 Å². The van der Waals surface area contributed by atoms with Crippen LogP contribution in [0.4, 0.5) is 14.5 Å². The summed E-state index contributed by atoms with van der Waals surface area (Å²) in [5, 5.41) is 11.5. The predicted octanol–water partition coefficient (Wildman–Crippen LogP) is 3.74. The Kier molecular flexibility index (Phi) is 6.59. The Morgan fingerprint density at radius 2 is 1.86 bits per heavy atom. The lowest BCUT2D eigenvalue weighted by atomic mass is 10.1. The molecule has 0 saturated heterocycles. The van der Waals surface area contributed by atoms with Crippen molar-refractivity contribution in [3.63, 3.8) is 0 Å². The molecule has 0 aliphatic carbocycles. The normalized spacial score (nSPS) is 10.9. The molecule has 0 spiro atoms. The number of halogens is 2. The van der Waals surface area contributed by atoms with Crippen LogP contribution in [-0.4, -0.2) is 33.0 Å². The highest BCUT2D eigenvalue weighted by Gasteiger charge is 2.14. The molecule has 1 amide bonds. The van der Waals surface area contributed by atoms with Gasteiger partial charge in [0.25, 0.3) is 0 Å². The molecule has 146 valence electrons. The zero-order valence-electron chi connectivity index (χ0n) is 15.0. The molecule has 9 heteroatoms. The van der Waals surface area contributed by atoms with Crippen molar-refractivity contribution in [1.82, 2.24) is 14.8 Å². The minimum Gasteiger partial charge on any atom is -0.433 e. The van der Waals surface area contributed by atoms with Crippen LogP contribution in [0.1, 0.15) is 11.4 Å². The number of hydrogen-bond acceptors (Lipinski definition) is 5. The Balaban J connectivity index is 1.58. The molecule has 3 rings (SSSR count). The van der Waals surface area contributed by atoms with Crippen molar-refractivity contribution >= 4 is 23.4 Å². The average molecular weight is 404 g/mol. The van der Waals surface area contributed by atoms with Crippen LogP contribution in [0.25, 0.3) is 0 Å². The van der Waals surface area contributed by atoms with Gasteiger partial charge in [0.1, 0.15) is 11.6 Å². The molecule has 3 aromatic rings. The lowest BCUT2D eigenvalue weighted by Gasteiger charge is -2.11. The third kappa shape index (κ3) is 5.29. The highest BCUT2D eigenvalue weighted by molar-refractivity contribution is 7.99. The second kappa shape index (κ2) is 9.32. The molecule has 0 bridgehead atoms. The first kappa shape index (κ1) is 19.8. The number of ether oxygens (including phenoxy) is 1. The van der Waals surface area contributed by atoms with Crippen LogP contribution in [0.3, 0.4) is 0 Å². The highest BCUT2D eigenvalue weighted by atomic mass is 32.2. The Morgan fingerprint density at radius 3 is 2.61 bits per heavy atom. The van der Waals surface area contributed by atoms with Gasteiger partial charge in [-0.2, -0.15) is 8.78 Å². The molecule has 0 atom stereocenters. The molecular weight excluding hydrogens is 386 g/mol. The smallest absolute Gasteiger partial charge is 0.387 e. The molecule has 0 saturated carbocycles. The zero-order valence-corrected chi connectivity index (χ0v) is 15.8. The first-order valence-corrected chi connectivity index (χ1v) is 9.40. The Labute approximate surface area is 164 Å². The van der Waals surface area contributed by atoms with E-state index in [1.807, 2.05) is 41.9 Å². The number of nitrogens with one attached hydrogen (secondary N) is 1. The fourth-order valence-corrected chi connectivity index (χ4v) is 3.22. The van der Waals surface area contributed by atoms with E-state index in [-0.39, 0.29) is 23.1 Å². The number of rotatable bonds is 8. The number of alkyl halides is 2. The molecule has 1 heterocycles. The summed E-state index contributed by atoms with van der Waals surface area (Å²) in [6.45, 7) is -2.96. The Morgan fingerprint density at radius 1 is 1.14 bits per heavy atom. The van der Waals surface area contributed by atoms with E-state index < -0.39 is 6.61 Å². The van der Waals surface area contributed by atoms with Gasteiger partial charge >= 0.3 is 6.61 Å². The van der Waals surface area contributed by atoms with E-state index in [0.717, 1.165) is 11.4 Å². The van der Waals surface area contributed by atoms with Crippen LogP contribution in [0.5, 0.6) is 5.75 Å². The van der Waals surface area contributed by atoms with E-state index in [2.05, 4.69) is 20.3 Å². The van der Waals surface area contributed by atoms with Crippen molar-refractivity contribution < 1.29 is 18.3 Å². The zero-order chi connectivity index (χ0) is 19.9. The number of benzene rings is 2. The number of para-hydroxylation sites is 2. The molecule has 1 aromatic heterocycles. The van der Waals surface area contributed by atoms with Gasteiger partial charge in [-0.05, 0) is 17.7 Å². The number of anilines is 1. The lowest BCUT2D eigenvalue weighted by Crippen LogP contribution is -2.16. The van der Waals surface area contributed by atoms with Crippen molar-refractivity contribution in [2.45, 2.75) is 18.2 Å². The van der Waals surface area contributed by atoms with E-state index in [4.69, 9.17) is 0 Å². The van der Waals surface area contributed by atoms with Gasteiger partial charge in [-0.15, -0.1) is 10.2 Å². The summed E-state index contributed by atoms with van der Waals surface area (Å²) in [6, 6.07) is 15.9. The summed E-state index contributed by atoms with van der Waals surface area (Å²) in [4.78, 5) is 12.2. The topological polar surface area (TPSA) is 69.0 Å². The van der Waals surface area contributed by atoms with Crippen LogP contribution >= 0.6 is 11.8 Å². The molecule has 0 aliphatic rings. The van der Waals surface area contributed by atoms with E-state index >= 15 is 0 Å². The molecular formula is C19H18F2N4O2S. The third-order valence-electron chi connectivity index (χ3n) is 3.84. The van der Waals surface area contributed by atoms with Crippen LogP contribution in [-0.2, 0) is 18.3 Å². The summed E-state index contributed by atoms with van der Waals surface area (Å²) in [7, 11) is 1.84. The summed E-state index contributed by atoms with van der Waals surface area (Å²) in [5.74, 6) is 0.396. The number of nitrogens with zero attached hydrogens (tertiary/aromatic N) is 3. The van der Waals surface area contributed by atoms with Gasteiger partial charge in [0, 0.05) is 13.5 Å². The van der Waals surface area contributed by atoms with Crippen LogP contribution in [0, 0.1) is 0 Å². The lowest BCUT2D eigenvalue weighted by molar-refractivity contribution is -0.113. The van der Waals surface area contributed by atoms with E-state index in [1.54, 1.807) is 12.1 Å². The van der Waals surface area contributed by atoms with Crippen molar-refractivity contribution in [1.29, 1.82) is 0 Å². The maximum atomic E-state index is 12.5. The molecule has 0 fully saturated rings. The summed E-state index contributed by atoms with van der Waals surface area (Å²) < 4.78 is 31.1. The van der Waals surface area contributed by atoms with Crippen molar-refractivity contribution in [2.24, 2.45) is 7.05 Å². The molecule has 0 radical (unpaired) electrons. The number of amides is 1. The van der Waals surface area contributed by atoms with Crippen molar-refractivity contribution in [3.8, 4) is 5.75 Å². The highest BCUT2D eigenvalue weighted by Crippen LogP contribution is 2.26. The van der Waals surface area contributed by atoms with Gasteiger partial charge in [0.2, 0.25) is 5.91 Å². The van der Waals surface area contributed by atoms with Gasteiger partial charge in [-0.1, -0.05) is 54.2 Å². The number of carbonyl (C=O) groups is 1. The first-order valence-electron chi connectivity index (χ1n) is 8.41. The molecule has 6 nitrogen and oxygen atoms in total. The number of hydrogen-bond donors (Lipinski definition) is 1. The quantitative estimate of drug-likeness (QED) is 0.580. The fourth-order valence-electron chi connectivity index (χ4n) is 2.49. The standard InChI is InChI=1S/C19H18F2N4O2S/c1-25-16(11-13-7-3-2-4-8-13)23-24-19(25)28-12-17(26)22-14-9-5-6-10-15(14)27-18(20)21/h2-10,18H,11-12H2,1H3,(H,22,26). The fraction of sp³-hybridized carbons (Fsp3) is 0.211. The van der Waals surface area contributed by atoms with Gasteiger partial charge in [0.15, 0.2) is 5.16 Å². The molecule has 0 unspecified atom stereocenters. The van der Waals surface area contributed by atoms with Crippen LogP contribution < -0.4 is 10.1 Å². The molecule has 28 heavy (non-hydrogen) atoms. The third-order valence-corrected chi connectivity index (χ3v) is 4.86. The van der Waals surface area contributed by atoms with Crippen molar-refractivity contribution in [2.75, 3.05) is 11.1 Å². The molecule has 1 N–H and O–H groups in total. The first-order chi connectivity index (χ1) is 13.5. The maximum absolute atomic E-state index is 12.5. The van der Waals surface area contributed by atoms with Gasteiger partial charge in [-0.25, -0.2) is 0 Å².